The zero-order valence-electron chi connectivity index (χ0n) is 20.3. The minimum atomic E-state index is -3.91. The molecule has 0 spiro atoms. The fourth-order valence-electron chi connectivity index (χ4n) is 3.77. The summed E-state index contributed by atoms with van der Waals surface area (Å²) in [4.78, 5) is 23.7. The Morgan fingerprint density at radius 1 is 0.861 bits per heavy atom. The predicted molar refractivity (Wildman–Crippen MR) is 127 cm³/mol. The van der Waals surface area contributed by atoms with Gasteiger partial charge in [0.25, 0.3) is 10.1 Å². The van der Waals surface area contributed by atoms with Crippen LogP contribution < -0.4 is 0 Å². The van der Waals surface area contributed by atoms with Crippen LogP contribution in [0.15, 0.2) is 60.7 Å². The smallest absolute Gasteiger partial charge is 0.305 e. The van der Waals surface area contributed by atoms with Crippen LogP contribution in [-0.4, -0.2) is 63.9 Å². The molecule has 0 amide bonds. The van der Waals surface area contributed by atoms with Crippen molar-refractivity contribution in [1.82, 2.24) is 0 Å². The maximum Gasteiger partial charge on any atom is 0.305 e. The van der Waals surface area contributed by atoms with Crippen molar-refractivity contribution in [3.63, 3.8) is 0 Å². The first-order chi connectivity index (χ1) is 17.1. The molecule has 0 radical (unpaired) electrons. The number of ether oxygens (including phenoxy) is 5. The molecule has 4 atom stereocenters. The van der Waals surface area contributed by atoms with Crippen LogP contribution in [0.5, 0.6) is 0 Å². The normalized spacial score (nSPS) is 23.8. The second-order valence-corrected chi connectivity index (χ2v) is 10.0. The third-order valence-corrected chi connectivity index (χ3v) is 5.81. The zero-order valence-corrected chi connectivity index (χ0v) is 21.1. The van der Waals surface area contributed by atoms with E-state index in [1.807, 2.05) is 60.7 Å². The number of hydrogen-bond acceptors (Lipinski definition) is 10. The average molecular weight is 523 g/mol. The van der Waals surface area contributed by atoms with E-state index in [4.69, 9.17) is 27.9 Å². The number of esters is 2. The molecule has 36 heavy (non-hydrogen) atoms. The van der Waals surface area contributed by atoms with Crippen LogP contribution in [0.25, 0.3) is 0 Å². The van der Waals surface area contributed by atoms with E-state index in [1.165, 1.54) is 13.8 Å². The van der Waals surface area contributed by atoms with Gasteiger partial charge in [-0.3, -0.25) is 13.8 Å². The molecule has 1 saturated heterocycles. The summed E-state index contributed by atoms with van der Waals surface area (Å²) in [6, 6.07) is 18.5. The van der Waals surface area contributed by atoms with Crippen LogP contribution in [-0.2, 0) is 60.8 Å². The number of hydrogen-bond donors (Lipinski definition) is 0. The molecule has 10 nitrogen and oxygen atoms in total. The lowest BCUT2D eigenvalue weighted by molar-refractivity contribution is -0.217. The average Bonchev–Trinajstić information content (AvgIpc) is 3.08. The van der Waals surface area contributed by atoms with E-state index in [-0.39, 0.29) is 19.8 Å². The third-order valence-electron chi connectivity index (χ3n) is 5.27. The van der Waals surface area contributed by atoms with E-state index in [1.54, 1.807) is 0 Å². The van der Waals surface area contributed by atoms with Crippen molar-refractivity contribution in [2.45, 2.75) is 51.2 Å². The summed E-state index contributed by atoms with van der Waals surface area (Å²) in [5.74, 6) is -1.36. The summed E-state index contributed by atoms with van der Waals surface area (Å²) in [6.45, 7) is 1.86. The molecule has 1 aliphatic heterocycles. The van der Waals surface area contributed by atoms with E-state index >= 15 is 0 Å². The molecule has 196 valence electrons. The topological polar surface area (TPSA) is 124 Å². The molecule has 4 unspecified atom stereocenters. The van der Waals surface area contributed by atoms with Gasteiger partial charge in [0.1, 0.15) is 12.7 Å². The summed E-state index contributed by atoms with van der Waals surface area (Å²) in [5, 5.41) is 0. The first-order valence-corrected chi connectivity index (χ1v) is 13.0. The number of rotatable bonds is 12. The highest BCUT2D eigenvalue weighted by Crippen LogP contribution is 2.38. The van der Waals surface area contributed by atoms with E-state index in [0.29, 0.717) is 0 Å². The van der Waals surface area contributed by atoms with Gasteiger partial charge in [0.15, 0.2) is 11.7 Å². The molecule has 0 aromatic heterocycles. The van der Waals surface area contributed by atoms with Gasteiger partial charge in [-0.1, -0.05) is 60.7 Å². The maximum absolute atomic E-state index is 11.9. The summed E-state index contributed by atoms with van der Waals surface area (Å²) >= 11 is 0. The fourth-order valence-corrected chi connectivity index (χ4v) is 4.19. The van der Waals surface area contributed by atoms with Crippen molar-refractivity contribution in [2.75, 3.05) is 19.5 Å². The lowest BCUT2D eigenvalue weighted by Crippen LogP contribution is -2.53. The zero-order chi connectivity index (χ0) is 26.2. The predicted octanol–water partition coefficient (Wildman–Crippen LogP) is 2.35. The summed E-state index contributed by atoms with van der Waals surface area (Å²) in [6.07, 6.45) is -2.80. The lowest BCUT2D eigenvalue weighted by atomic mass is 9.96. The molecule has 0 N–H and O–H groups in total. The van der Waals surface area contributed by atoms with E-state index in [2.05, 4.69) is 0 Å². The van der Waals surface area contributed by atoms with E-state index in [0.717, 1.165) is 17.4 Å². The van der Waals surface area contributed by atoms with Gasteiger partial charge in [0, 0.05) is 13.8 Å². The number of benzene rings is 2. The van der Waals surface area contributed by atoms with E-state index < -0.39 is 52.8 Å². The summed E-state index contributed by atoms with van der Waals surface area (Å²) < 4.78 is 57.7. The van der Waals surface area contributed by atoms with Crippen molar-refractivity contribution in [3.8, 4) is 0 Å². The van der Waals surface area contributed by atoms with Crippen LogP contribution in [0.3, 0.4) is 0 Å². The molecule has 1 heterocycles. The van der Waals surface area contributed by atoms with E-state index in [9.17, 15) is 18.0 Å². The highest BCUT2D eigenvalue weighted by molar-refractivity contribution is 7.85. The molecule has 0 aliphatic carbocycles. The molecular weight excluding hydrogens is 492 g/mol. The molecule has 2 aromatic rings. The lowest BCUT2D eigenvalue weighted by Gasteiger charge is -2.33. The Balaban J connectivity index is 1.94. The Labute approximate surface area is 210 Å². The largest absolute Gasteiger partial charge is 0.453 e. The second-order valence-electron chi connectivity index (χ2n) is 8.40. The van der Waals surface area contributed by atoms with Gasteiger partial charge >= 0.3 is 11.9 Å². The van der Waals surface area contributed by atoms with Gasteiger partial charge in [-0.2, -0.15) is 8.42 Å². The van der Waals surface area contributed by atoms with Crippen LogP contribution in [0.2, 0.25) is 0 Å². The molecule has 11 heteroatoms. The van der Waals surface area contributed by atoms with Gasteiger partial charge in [0.05, 0.1) is 26.1 Å². The van der Waals surface area contributed by atoms with Crippen molar-refractivity contribution in [2.24, 2.45) is 0 Å². The first-order valence-electron chi connectivity index (χ1n) is 11.2. The minimum absolute atomic E-state index is 0.0682. The van der Waals surface area contributed by atoms with Crippen molar-refractivity contribution in [3.05, 3.63) is 71.8 Å². The SMILES string of the molecule is CC(=O)OC1OC(COCc2ccccc2)(COS(C)(=O)=O)C(OCc2ccccc2)C1OC(C)=O. The Morgan fingerprint density at radius 3 is 1.94 bits per heavy atom. The van der Waals surface area contributed by atoms with Gasteiger partial charge in [0.2, 0.25) is 6.29 Å². The fraction of sp³-hybridized carbons (Fsp3) is 0.440. The third kappa shape index (κ3) is 8.10. The molecular formula is C25H30O10S. The minimum Gasteiger partial charge on any atom is -0.453 e. The number of carbonyl (C=O) groups excluding carboxylic acids is 2. The Bertz CT molecular complexity index is 1110. The van der Waals surface area contributed by atoms with Crippen LogP contribution in [0.4, 0.5) is 0 Å². The van der Waals surface area contributed by atoms with Crippen molar-refractivity contribution >= 4 is 22.1 Å². The van der Waals surface area contributed by atoms with Crippen LogP contribution in [0.1, 0.15) is 25.0 Å². The van der Waals surface area contributed by atoms with Gasteiger partial charge in [-0.15, -0.1) is 0 Å². The Kier molecular flexibility index (Phi) is 9.57. The van der Waals surface area contributed by atoms with Gasteiger partial charge in [-0.25, -0.2) is 0 Å². The molecule has 0 bridgehead atoms. The van der Waals surface area contributed by atoms with Gasteiger partial charge in [-0.05, 0) is 11.1 Å². The van der Waals surface area contributed by atoms with Gasteiger partial charge < -0.3 is 23.7 Å². The highest BCUT2D eigenvalue weighted by atomic mass is 32.2. The molecule has 1 aliphatic rings. The standard InChI is InChI=1S/C25H30O10S/c1-18(26)33-22-23(31-15-21-12-8-5-9-13-21)25(17-32-36(3,28)29,35-24(22)34-19(2)27)16-30-14-20-10-6-4-7-11-20/h4-13,22-24H,14-17H2,1-3H3. The van der Waals surface area contributed by atoms with Crippen molar-refractivity contribution < 1.29 is 45.9 Å². The molecule has 0 saturated carbocycles. The molecule has 3 rings (SSSR count). The maximum atomic E-state index is 11.9. The Hall–Kier alpha value is -2.83. The quantitative estimate of drug-likeness (QED) is 0.303. The summed E-state index contributed by atoms with van der Waals surface area (Å²) in [5.41, 5.74) is 0.0648. The van der Waals surface area contributed by atoms with Crippen LogP contribution in [0, 0.1) is 0 Å². The highest BCUT2D eigenvalue weighted by Gasteiger charge is 2.60. The van der Waals surface area contributed by atoms with Crippen LogP contribution >= 0.6 is 0 Å². The first kappa shape index (κ1) is 27.8. The molecule has 1 fully saturated rings. The Morgan fingerprint density at radius 2 is 1.42 bits per heavy atom. The number of carbonyl (C=O) groups is 2. The summed E-state index contributed by atoms with van der Waals surface area (Å²) in [7, 11) is -3.91. The monoisotopic (exact) mass is 522 g/mol. The molecule has 2 aromatic carbocycles. The van der Waals surface area contributed by atoms with Crippen molar-refractivity contribution in [1.29, 1.82) is 0 Å². The second kappa shape index (κ2) is 12.4.